The minimum absolute atomic E-state index is 0.0459. The number of ether oxygens (including phenoxy) is 1. The van der Waals surface area contributed by atoms with Crippen LogP contribution in [0.2, 0.25) is 4.82 Å². The maximum atomic E-state index is 12.6. The Morgan fingerprint density at radius 2 is 2.05 bits per heavy atom. The predicted molar refractivity (Wildman–Crippen MR) is 81.5 cm³/mol. The van der Waals surface area contributed by atoms with Crippen LogP contribution in [0.4, 0.5) is 0 Å². The molecular formula is C17H20O3Se. The van der Waals surface area contributed by atoms with Crippen LogP contribution in [-0.4, -0.2) is 33.3 Å². The fraction of sp³-hybridized carbons (Fsp3) is 0.529. The van der Waals surface area contributed by atoms with Crippen LogP contribution in [0.5, 0.6) is 0 Å². The van der Waals surface area contributed by atoms with Gasteiger partial charge >= 0.3 is 131 Å². The molecule has 4 heteroatoms. The van der Waals surface area contributed by atoms with Crippen LogP contribution in [0.15, 0.2) is 30.3 Å². The zero-order valence-electron chi connectivity index (χ0n) is 12.2. The summed E-state index contributed by atoms with van der Waals surface area (Å²) in [6.45, 7) is 2.27. The Bertz CT molecular complexity index is 528. The number of Topliss-reactive ketones (excluding diaryl/α,β-unsaturated/α-hetero) is 1. The first kappa shape index (κ1) is 14.8. The van der Waals surface area contributed by atoms with Gasteiger partial charge < -0.3 is 0 Å². The van der Waals surface area contributed by atoms with Crippen molar-refractivity contribution >= 4 is 31.2 Å². The molecule has 0 bridgehead atoms. The van der Waals surface area contributed by atoms with E-state index < -0.39 is 0 Å². The van der Waals surface area contributed by atoms with Gasteiger partial charge in [0.25, 0.3) is 0 Å². The molecule has 21 heavy (non-hydrogen) atoms. The SMILES string of the molecule is CCOC(=O)[C@H]1CC[C@@H]2C(=O)C([Se]c3ccccc3)C[C@H]12. The summed E-state index contributed by atoms with van der Waals surface area (Å²) < 4.78 is 6.45. The Morgan fingerprint density at radius 3 is 2.76 bits per heavy atom. The Kier molecular flexibility index (Phi) is 4.46. The van der Waals surface area contributed by atoms with Gasteiger partial charge in [0.15, 0.2) is 0 Å². The summed E-state index contributed by atoms with van der Waals surface area (Å²) in [5, 5.41) is 0. The number of rotatable bonds is 4. The van der Waals surface area contributed by atoms with Crippen LogP contribution in [-0.2, 0) is 14.3 Å². The molecule has 0 aromatic heterocycles. The van der Waals surface area contributed by atoms with Gasteiger partial charge in [-0.2, -0.15) is 0 Å². The molecule has 0 heterocycles. The van der Waals surface area contributed by atoms with E-state index in [1.807, 2.05) is 25.1 Å². The van der Waals surface area contributed by atoms with Gasteiger partial charge in [-0.1, -0.05) is 0 Å². The van der Waals surface area contributed by atoms with Gasteiger partial charge in [0.2, 0.25) is 0 Å². The molecule has 2 aliphatic carbocycles. The molecular weight excluding hydrogens is 331 g/mol. The van der Waals surface area contributed by atoms with E-state index in [2.05, 4.69) is 12.1 Å². The molecule has 0 amide bonds. The number of ketones is 1. The summed E-state index contributed by atoms with van der Waals surface area (Å²) in [6, 6.07) is 10.3. The van der Waals surface area contributed by atoms with E-state index in [9.17, 15) is 9.59 Å². The average Bonchev–Trinajstić information content (AvgIpc) is 3.02. The first-order valence-electron chi connectivity index (χ1n) is 7.62. The van der Waals surface area contributed by atoms with Crippen LogP contribution in [0.25, 0.3) is 0 Å². The van der Waals surface area contributed by atoms with Crippen molar-refractivity contribution in [2.24, 2.45) is 17.8 Å². The van der Waals surface area contributed by atoms with Crippen LogP contribution in [0.3, 0.4) is 0 Å². The van der Waals surface area contributed by atoms with Crippen molar-refractivity contribution in [1.82, 2.24) is 0 Å². The van der Waals surface area contributed by atoms with Gasteiger partial charge in [0.1, 0.15) is 0 Å². The molecule has 4 atom stereocenters. The van der Waals surface area contributed by atoms with E-state index >= 15 is 0 Å². The predicted octanol–water partition coefficient (Wildman–Crippen LogP) is 1.98. The summed E-state index contributed by atoms with van der Waals surface area (Å²) in [5.41, 5.74) is 0. The summed E-state index contributed by atoms with van der Waals surface area (Å²) in [5.74, 6) is 0.596. The molecule has 2 aliphatic rings. The number of hydrogen-bond donors (Lipinski definition) is 0. The number of carbonyl (C=O) groups is 2. The van der Waals surface area contributed by atoms with Crippen molar-refractivity contribution in [3.05, 3.63) is 30.3 Å². The van der Waals surface area contributed by atoms with Gasteiger partial charge in [0, 0.05) is 0 Å². The third kappa shape index (κ3) is 2.93. The van der Waals surface area contributed by atoms with Gasteiger partial charge in [-0.05, 0) is 0 Å². The molecule has 3 rings (SSSR count). The Labute approximate surface area is 131 Å². The van der Waals surface area contributed by atoms with E-state index in [0.717, 1.165) is 19.3 Å². The molecule has 2 fully saturated rings. The summed E-state index contributed by atoms with van der Waals surface area (Å²) in [7, 11) is 0. The number of fused-ring (bicyclic) bond motifs is 1. The average molecular weight is 351 g/mol. The first-order valence-corrected chi connectivity index (χ1v) is 9.47. The van der Waals surface area contributed by atoms with Gasteiger partial charge in [-0.3, -0.25) is 0 Å². The van der Waals surface area contributed by atoms with Gasteiger partial charge in [0.05, 0.1) is 0 Å². The zero-order chi connectivity index (χ0) is 14.8. The fourth-order valence-electron chi connectivity index (χ4n) is 3.66. The molecule has 0 N–H and O–H groups in total. The number of esters is 1. The quantitative estimate of drug-likeness (QED) is 0.616. The van der Waals surface area contributed by atoms with Crippen molar-refractivity contribution in [3.8, 4) is 0 Å². The molecule has 0 radical (unpaired) electrons. The summed E-state index contributed by atoms with van der Waals surface area (Å²) in [4.78, 5) is 24.8. The third-order valence-electron chi connectivity index (χ3n) is 4.60. The van der Waals surface area contributed by atoms with Crippen LogP contribution < -0.4 is 4.46 Å². The van der Waals surface area contributed by atoms with Crippen LogP contribution in [0, 0.1) is 17.8 Å². The molecule has 0 saturated heterocycles. The normalized spacial score (nSPS) is 31.2. The topological polar surface area (TPSA) is 43.4 Å². The Morgan fingerprint density at radius 1 is 1.29 bits per heavy atom. The second-order valence-corrected chi connectivity index (χ2v) is 8.44. The second-order valence-electron chi connectivity index (χ2n) is 5.76. The molecule has 1 unspecified atom stereocenters. The van der Waals surface area contributed by atoms with Crippen molar-refractivity contribution < 1.29 is 14.3 Å². The molecule has 0 aliphatic heterocycles. The van der Waals surface area contributed by atoms with Crippen molar-refractivity contribution in [2.45, 2.75) is 31.0 Å². The van der Waals surface area contributed by atoms with E-state index in [1.54, 1.807) is 0 Å². The Balaban J connectivity index is 1.69. The van der Waals surface area contributed by atoms with Crippen LogP contribution >= 0.6 is 0 Å². The molecule has 1 aromatic carbocycles. The van der Waals surface area contributed by atoms with E-state index in [0.29, 0.717) is 12.4 Å². The first-order chi connectivity index (χ1) is 10.2. The zero-order valence-corrected chi connectivity index (χ0v) is 13.9. The monoisotopic (exact) mass is 352 g/mol. The van der Waals surface area contributed by atoms with Crippen molar-refractivity contribution in [1.29, 1.82) is 0 Å². The van der Waals surface area contributed by atoms with Crippen molar-refractivity contribution in [2.75, 3.05) is 6.61 Å². The minimum atomic E-state index is -0.0920. The van der Waals surface area contributed by atoms with E-state index in [-0.39, 0.29) is 43.5 Å². The molecule has 0 spiro atoms. The van der Waals surface area contributed by atoms with E-state index in [1.165, 1.54) is 4.46 Å². The molecule has 1 aromatic rings. The fourth-order valence-corrected chi connectivity index (χ4v) is 6.29. The van der Waals surface area contributed by atoms with Crippen molar-refractivity contribution in [3.63, 3.8) is 0 Å². The number of carbonyl (C=O) groups excluding carboxylic acids is 2. The molecule has 112 valence electrons. The summed E-state index contributed by atoms with van der Waals surface area (Å²) in [6.07, 6.45) is 2.57. The van der Waals surface area contributed by atoms with Crippen LogP contribution in [0.1, 0.15) is 26.2 Å². The van der Waals surface area contributed by atoms with Gasteiger partial charge in [-0.25, -0.2) is 0 Å². The number of hydrogen-bond acceptors (Lipinski definition) is 3. The standard InChI is InChI=1S/C17H20O3Se/c1-2-20-17(19)13-9-8-12-14(13)10-15(16(12)18)21-11-6-4-3-5-7-11/h3-7,12-15H,2,8-10H2,1H3/t12-,13-,14-,15?/m0/s1. The third-order valence-corrected chi connectivity index (χ3v) is 7.23. The summed E-state index contributed by atoms with van der Waals surface area (Å²) >= 11 is 0.182. The Hall–Kier alpha value is -1.12. The maximum absolute atomic E-state index is 12.6. The second kappa shape index (κ2) is 6.33. The molecule has 3 nitrogen and oxygen atoms in total. The number of benzene rings is 1. The van der Waals surface area contributed by atoms with E-state index in [4.69, 9.17) is 4.74 Å². The molecule has 2 saturated carbocycles. The van der Waals surface area contributed by atoms with Gasteiger partial charge in [-0.15, -0.1) is 0 Å².